The lowest BCUT2D eigenvalue weighted by Gasteiger charge is -2.29. The summed E-state index contributed by atoms with van der Waals surface area (Å²) in [5.41, 5.74) is 2.64. The molecular formula is C32H36N6O2S. The first-order valence-electron chi connectivity index (χ1n) is 14.2. The zero-order valence-corrected chi connectivity index (χ0v) is 24.3. The van der Waals surface area contributed by atoms with Crippen molar-refractivity contribution in [3.63, 3.8) is 0 Å². The number of hydrogen-bond acceptors (Lipinski definition) is 7. The fraction of sp³-hybridized carbons (Fsp3) is 0.312. The normalized spacial score (nSPS) is 17.6. The van der Waals surface area contributed by atoms with E-state index in [0.29, 0.717) is 30.0 Å². The first kappa shape index (κ1) is 27.2. The van der Waals surface area contributed by atoms with Gasteiger partial charge < -0.3 is 15.5 Å². The highest BCUT2D eigenvalue weighted by Crippen LogP contribution is 2.29. The van der Waals surface area contributed by atoms with Crippen molar-refractivity contribution in [2.75, 3.05) is 30.9 Å². The van der Waals surface area contributed by atoms with Gasteiger partial charge in [0.1, 0.15) is 5.82 Å². The third-order valence-electron chi connectivity index (χ3n) is 8.00. The minimum Gasteiger partial charge on any atom is -0.362 e. The highest BCUT2D eigenvalue weighted by Gasteiger charge is 2.23. The number of nitrogens with one attached hydrogen (secondary N) is 2. The van der Waals surface area contributed by atoms with Crippen LogP contribution in [0.2, 0.25) is 0 Å². The molecule has 41 heavy (non-hydrogen) atoms. The van der Waals surface area contributed by atoms with Gasteiger partial charge in [0.2, 0.25) is 5.95 Å². The number of hydrogen-bond donors (Lipinski definition) is 2. The lowest BCUT2D eigenvalue weighted by Crippen LogP contribution is -2.31. The summed E-state index contributed by atoms with van der Waals surface area (Å²) in [5.74, 6) is 2.19. The molecule has 0 atom stereocenters. The van der Waals surface area contributed by atoms with E-state index in [-0.39, 0.29) is 4.90 Å². The van der Waals surface area contributed by atoms with Gasteiger partial charge in [-0.05, 0) is 74.0 Å². The summed E-state index contributed by atoms with van der Waals surface area (Å²) in [7, 11) is 0.348. The summed E-state index contributed by atoms with van der Waals surface area (Å²) in [5, 5.41) is 9.22. The standard InChI is InChI=1S/C32H36N6O2S/c1-37(2)31-28-13-6-8-14-29(28)35-32(36-31)34-25-18-16-23(17-19-25)20-33-21-24-22-38(30-15-9-7-12-27(24)30)41(39,40)26-10-4-3-5-11-26/h3-15,22-23,25,33H,16-21H2,1-2H3,(H,34,35,36). The Morgan fingerprint density at radius 1 is 0.854 bits per heavy atom. The van der Waals surface area contributed by atoms with Crippen molar-refractivity contribution in [3.8, 4) is 0 Å². The van der Waals surface area contributed by atoms with Gasteiger partial charge in [-0.15, -0.1) is 0 Å². The molecular weight excluding hydrogens is 532 g/mol. The van der Waals surface area contributed by atoms with Gasteiger partial charge >= 0.3 is 0 Å². The van der Waals surface area contributed by atoms with Crippen LogP contribution in [0.4, 0.5) is 11.8 Å². The molecule has 9 heteroatoms. The van der Waals surface area contributed by atoms with Gasteiger partial charge in [-0.1, -0.05) is 48.5 Å². The molecule has 2 aromatic heterocycles. The lowest BCUT2D eigenvalue weighted by molar-refractivity contribution is 0.324. The minimum absolute atomic E-state index is 0.289. The predicted octanol–water partition coefficient (Wildman–Crippen LogP) is 5.65. The molecule has 3 aromatic carbocycles. The number of benzene rings is 3. The molecule has 0 bridgehead atoms. The summed E-state index contributed by atoms with van der Waals surface area (Å²) in [4.78, 5) is 11.9. The lowest BCUT2D eigenvalue weighted by atomic mass is 9.86. The molecule has 1 aliphatic carbocycles. The summed E-state index contributed by atoms with van der Waals surface area (Å²) in [6.45, 7) is 1.52. The Morgan fingerprint density at radius 2 is 1.54 bits per heavy atom. The molecule has 8 nitrogen and oxygen atoms in total. The maximum atomic E-state index is 13.4. The van der Waals surface area contributed by atoms with Crippen LogP contribution in [0.3, 0.4) is 0 Å². The molecule has 2 N–H and O–H groups in total. The zero-order valence-electron chi connectivity index (χ0n) is 23.5. The molecule has 0 saturated heterocycles. The van der Waals surface area contributed by atoms with Gasteiger partial charge in [0, 0.05) is 43.7 Å². The first-order chi connectivity index (χ1) is 19.9. The van der Waals surface area contributed by atoms with Crippen molar-refractivity contribution in [3.05, 3.63) is 90.6 Å². The van der Waals surface area contributed by atoms with E-state index in [0.717, 1.165) is 59.9 Å². The van der Waals surface area contributed by atoms with Crippen molar-refractivity contribution in [1.29, 1.82) is 0 Å². The topological polar surface area (TPSA) is 92.2 Å². The Morgan fingerprint density at radius 3 is 2.29 bits per heavy atom. The van der Waals surface area contributed by atoms with E-state index in [1.54, 1.807) is 30.5 Å². The largest absolute Gasteiger partial charge is 0.362 e. The Bertz CT molecular complexity index is 1760. The van der Waals surface area contributed by atoms with Gasteiger partial charge in [0.25, 0.3) is 10.0 Å². The number of rotatable bonds is 9. The van der Waals surface area contributed by atoms with Gasteiger partial charge in [0.15, 0.2) is 0 Å². The summed E-state index contributed by atoms with van der Waals surface area (Å²) in [6, 6.07) is 24.8. The van der Waals surface area contributed by atoms with Crippen molar-refractivity contribution in [1.82, 2.24) is 19.3 Å². The highest BCUT2D eigenvalue weighted by atomic mass is 32.2. The molecule has 0 spiro atoms. The monoisotopic (exact) mass is 568 g/mol. The minimum atomic E-state index is -3.67. The molecule has 5 aromatic rings. The Hall–Kier alpha value is -3.95. The average Bonchev–Trinajstić information content (AvgIpc) is 3.37. The summed E-state index contributed by atoms with van der Waals surface area (Å²) < 4.78 is 28.2. The SMILES string of the molecule is CN(C)c1nc(NC2CCC(CNCc3cn(S(=O)(=O)c4ccccc4)c4ccccc34)CC2)nc2ccccc12. The smallest absolute Gasteiger partial charge is 0.268 e. The van der Waals surface area contributed by atoms with Gasteiger partial charge in [-0.3, -0.25) is 0 Å². The molecule has 1 fully saturated rings. The molecule has 2 heterocycles. The van der Waals surface area contributed by atoms with E-state index < -0.39 is 10.0 Å². The van der Waals surface area contributed by atoms with Crippen LogP contribution in [-0.2, 0) is 16.6 Å². The van der Waals surface area contributed by atoms with Crippen LogP contribution < -0.4 is 15.5 Å². The summed E-state index contributed by atoms with van der Waals surface area (Å²) >= 11 is 0. The van der Waals surface area contributed by atoms with E-state index in [9.17, 15) is 8.42 Å². The number of aromatic nitrogens is 3. The highest BCUT2D eigenvalue weighted by molar-refractivity contribution is 7.90. The predicted molar refractivity (Wildman–Crippen MR) is 166 cm³/mol. The summed E-state index contributed by atoms with van der Waals surface area (Å²) in [6.07, 6.45) is 6.13. The molecule has 6 rings (SSSR count). The van der Waals surface area contributed by atoms with E-state index >= 15 is 0 Å². The quantitative estimate of drug-likeness (QED) is 0.237. The molecule has 212 valence electrons. The Labute approximate surface area is 241 Å². The molecule has 0 radical (unpaired) electrons. The molecule has 0 amide bonds. The molecule has 0 aliphatic heterocycles. The van der Waals surface area contributed by atoms with Crippen LogP contribution in [0.15, 0.2) is 90.0 Å². The Kier molecular flexibility index (Phi) is 7.64. The van der Waals surface area contributed by atoms with E-state index in [4.69, 9.17) is 9.97 Å². The molecule has 1 aliphatic rings. The van der Waals surface area contributed by atoms with Crippen molar-refractivity contribution in [2.45, 2.75) is 43.2 Å². The maximum absolute atomic E-state index is 13.4. The second-order valence-electron chi connectivity index (χ2n) is 11.1. The second-order valence-corrected chi connectivity index (χ2v) is 12.9. The number of fused-ring (bicyclic) bond motifs is 2. The number of para-hydroxylation sites is 2. The fourth-order valence-corrected chi connectivity index (χ4v) is 7.25. The van der Waals surface area contributed by atoms with Crippen LogP contribution in [0, 0.1) is 5.92 Å². The van der Waals surface area contributed by atoms with Crippen molar-refractivity contribution >= 4 is 43.6 Å². The van der Waals surface area contributed by atoms with Crippen molar-refractivity contribution in [2.24, 2.45) is 5.92 Å². The average molecular weight is 569 g/mol. The van der Waals surface area contributed by atoms with E-state index in [1.165, 1.54) is 3.97 Å². The third-order valence-corrected chi connectivity index (χ3v) is 9.68. The van der Waals surface area contributed by atoms with Crippen LogP contribution in [-0.4, -0.2) is 49.0 Å². The van der Waals surface area contributed by atoms with Gasteiger partial charge in [-0.25, -0.2) is 17.4 Å². The van der Waals surface area contributed by atoms with E-state index in [2.05, 4.69) is 16.7 Å². The molecule has 1 saturated carbocycles. The Balaban J connectivity index is 1.07. The maximum Gasteiger partial charge on any atom is 0.268 e. The van der Waals surface area contributed by atoms with Crippen LogP contribution in [0.5, 0.6) is 0 Å². The third kappa shape index (κ3) is 5.64. The first-order valence-corrected chi connectivity index (χ1v) is 15.6. The number of anilines is 2. The van der Waals surface area contributed by atoms with Crippen LogP contribution >= 0.6 is 0 Å². The van der Waals surface area contributed by atoms with E-state index in [1.807, 2.05) is 67.5 Å². The fourth-order valence-electron chi connectivity index (χ4n) is 5.83. The second kappa shape index (κ2) is 11.5. The number of nitrogens with zero attached hydrogens (tertiary/aromatic N) is 4. The zero-order chi connectivity index (χ0) is 28.4. The van der Waals surface area contributed by atoms with Crippen molar-refractivity contribution < 1.29 is 8.42 Å². The van der Waals surface area contributed by atoms with Crippen LogP contribution in [0.1, 0.15) is 31.2 Å². The van der Waals surface area contributed by atoms with Gasteiger partial charge in [-0.2, -0.15) is 4.98 Å². The van der Waals surface area contributed by atoms with Gasteiger partial charge in [0.05, 0.1) is 15.9 Å². The van der Waals surface area contributed by atoms with Crippen LogP contribution in [0.25, 0.3) is 21.8 Å². The molecule has 0 unspecified atom stereocenters.